The van der Waals surface area contributed by atoms with Gasteiger partial charge in [0.1, 0.15) is 6.54 Å². The van der Waals surface area contributed by atoms with Crippen LogP contribution in [0.15, 0.2) is 29.2 Å². The van der Waals surface area contributed by atoms with Gasteiger partial charge in [-0.05, 0) is 18.9 Å². The maximum Gasteiger partial charge on any atom is 0.250 e. The number of carbonyl (C=O) groups is 1. The second-order valence-electron chi connectivity index (χ2n) is 5.11. The van der Waals surface area contributed by atoms with Gasteiger partial charge in [0, 0.05) is 18.8 Å². The molecule has 0 aliphatic heterocycles. The maximum atomic E-state index is 11.7. The maximum absolute atomic E-state index is 11.7. The van der Waals surface area contributed by atoms with Crippen molar-refractivity contribution in [2.45, 2.75) is 39.3 Å². The summed E-state index contributed by atoms with van der Waals surface area (Å²) in [7, 11) is 0. The highest BCUT2D eigenvalue weighted by Crippen LogP contribution is 2.18. The van der Waals surface area contributed by atoms with Crippen molar-refractivity contribution in [2.75, 3.05) is 6.54 Å². The number of carbonyl (C=O) groups excluding carboxylic acids is 1. The molecule has 0 aliphatic rings. The van der Waals surface area contributed by atoms with Crippen molar-refractivity contribution >= 4 is 5.91 Å². The van der Waals surface area contributed by atoms with Crippen molar-refractivity contribution in [2.24, 2.45) is 5.92 Å². The highest BCUT2D eigenvalue weighted by atomic mass is 16.3. The number of amides is 1. The van der Waals surface area contributed by atoms with Crippen LogP contribution < -0.4 is 10.9 Å². The highest BCUT2D eigenvalue weighted by Gasteiger charge is 2.27. The van der Waals surface area contributed by atoms with Gasteiger partial charge in [-0.1, -0.05) is 26.3 Å². The first kappa shape index (κ1) is 15.4. The number of nitrogens with zero attached hydrogens (tertiary/aromatic N) is 1. The molecule has 0 saturated heterocycles. The molecule has 1 rings (SSSR count). The Morgan fingerprint density at radius 3 is 2.79 bits per heavy atom. The van der Waals surface area contributed by atoms with Crippen LogP contribution in [0.25, 0.3) is 0 Å². The number of rotatable bonds is 6. The monoisotopic (exact) mass is 266 g/mol. The van der Waals surface area contributed by atoms with E-state index in [-0.39, 0.29) is 30.5 Å². The molecule has 0 radical (unpaired) electrons. The van der Waals surface area contributed by atoms with Gasteiger partial charge >= 0.3 is 0 Å². The quantitative estimate of drug-likeness (QED) is 0.798. The molecule has 2 unspecified atom stereocenters. The smallest absolute Gasteiger partial charge is 0.250 e. The van der Waals surface area contributed by atoms with Crippen LogP contribution in [-0.2, 0) is 11.3 Å². The Kier molecular flexibility index (Phi) is 5.30. The molecule has 0 aromatic carbocycles. The van der Waals surface area contributed by atoms with Gasteiger partial charge in [0.15, 0.2) is 0 Å². The van der Waals surface area contributed by atoms with Crippen molar-refractivity contribution < 1.29 is 9.90 Å². The number of pyridine rings is 1. The molecule has 0 bridgehead atoms. The minimum absolute atomic E-state index is 0.0315. The van der Waals surface area contributed by atoms with E-state index < -0.39 is 5.60 Å². The van der Waals surface area contributed by atoms with Gasteiger partial charge in [-0.25, -0.2) is 0 Å². The van der Waals surface area contributed by atoms with Crippen LogP contribution in [-0.4, -0.2) is 27.7 Å². The number of aliphatic hydroxyl groups is 1. The molecule has 0 aliphatic carbocycles. The summed E-state index contributed by atoms with van der Waals surface area (Å²) in [6.45, 7) is 5.78. The SMILES string of the molecule is CCC(C)C(C)(O)CNC(=O)Cn1ccccc1=O. The third kappa shape index (κ3) is 4.52. The van der Waals surface area contributed by atoms with Gasteiger partial charge in [-0.2, -0.15) is 0 Å². The first-order chi connectivity index (χ1) is 8.86. The summed E-state index contributed by atoms with van der Waals surface area (Å²) in [5.41, 5.74) is -1.15. The lowest BCUT2D eigenvalue weighted by Crippen LogP contribution is -2.46. The largest absolute Gasteiger partial charge is 0.388 e. The fourth-order valence-corrected chi connectivity index (χ4v) is 1.69. The molecule has 1 amide bonds. The van der Waals surface area contributed by atoms with E-state index in [1.54, 1.807) is 25.3 Å². The molecule has 106 valence electrons. The lowest BCUT2D eigenvalue weighted by atomic mass is 9.89. The Balaban J connectivity index is 2.53. The van der Waals surface area contributed by atoms with Gasteiger partial charge in [0.05, 0.1) is 5.60 Å². The predicted molar refractivity (Wildman–Crippen MR) is 73.8 cm³/mol. The summed E-state index contributed by atoms with van der Waals surface area (Å²) in [5.74, 6) is -0.191. The number of nitrogens with one attached hydrogen (secondary N) is 1. The van der Waals surface area contributed by atoms with Crippen LogP contribution in [0.5, 0.6) is 0 Å². The number of aromatic nitrogens is 1. The molecule has 0 saturated carbocycles. The third-order valence-corrected chi connectivity index (χ3v) is 3.53. The van der Waals surface area contributed by atoms with Crippen LogP contribution >= 0.6 is 0 Å². The van der Waals surface area contributed by atoms with E-state index in [2.05, 4.69) is 5.32 Å². The molecule has 1 aromatic heterocycles. The van der Waals surface area contributed by atoms with Crippen LogP contribution in [0.2, 0.25) is 0 Å². The van der Waals surface area contributed by atoms with Crippen LogP contribution in [0.3, 0.4) is 0 Å². The average molecular weight is 266 g/mol. The van der Waals surface area contributed by atoms with E-state index in [9.17, 15) is 14.7 Å². The lowest BCUT2D eigenvalue weighted by Gasteiger charge is -2.29. The summed E-state index contributed by atoms with van der Waals surface area (Å²) >= 11 is 0. The number of hydrogen-bond acceptors (Lipinski definition) is 3. The van der Waals surface area contributed by atoms with Crippen LogP contribution in [0.1, 0.15) is 27.2 Å². The van der Waals surface area contributed by atoms with Crippen molar-refractivity contribution in [3.8, 4) is 0 Å². The fourth-order valence-electron chi connectivity index (χ4n) is 1.69. The van der Waals surface area contributed by atoms with Crippen LogP contribution in [0.4, 0.5) is 0 Å². The van der Waals surface area contributed by atoms with E-state index in [0.717, 1.165) is 6.42 Å². The first-order valence-corrected chi connectivity index (χ1v) is 6.51. The summed E-state index contributed by atoms with van der Waals surface area (Å²) in [6.07, 6.45) is 2.40. The van der Waals surface area contributed by atoms with Gasteiger partial charge in [-0.3, -0.25) is 9.59 Å². The Morgan fingerprint density at radius 2 is 2.21 bits per heavy atom. The van der Waals surface area contributed by atoms with Gasteiger partial charge in [-0.15, -0.1) is 0 Å². The third-order valence-electron chi connectivity index (χ3n) is 3.53. The summed E-state index contributed by atoms with van der Waals surface area (Å²) in [6, 6.07) is 4.73. The molecule has 0 spiro atoms. The first-order valence-electron chi connectivity index (χ1n) is 6.51. The average Bonchev–Trinajstić information content (AvgIpc) is 2.38. The van der Waals surface area contributed by atoms with Crippen molar-refractivity contribution in [3.63, 3.8) is 0 Å². The molecule has 19 heavy (non-hydrogen) atoms. The van der Waals surface area contributed by atoms with Crippen molar-refractivity contribution in [1.82, 2.24) is 9.88 Å². The van der Waals surface area contributed by atoms with Gasteiger partial charge < -0.3 is 15.0 Å². The zero-order valence-electron chi connectivity index (χ0n) is 11.7. The summed E-state index contributed by atoms with van der Waals surface area (Å²) < 4.78 is 1.33. The van der Waals surface area contributed by atoms with E-state index in [1.165, 1.54) is 10.6 Å². The van der Waals surface area contributed by atoms with Gasteiger partial charge in [0.25, 0.3) is 5.56 Å². The molecular formula is C14H22N2O3. The van der Waals surface area contributed by atoms with E-state index in [1.807, 2.05) is 13.8 Å². The molecule has 0 fully saturated rings. The second-order valence-corrected chi connectivity index (χ2v) is 5.11. The Morgan fingerprint density at radius 1 is 1.53 bits per heavy atom. The topological polar surface area (TPSA) is 71.3 Å². The second kappa shape index (κ2) is 6.52. The Labute approximate surface area is 113 Å². The Bertz CT molecular complexity index is 480. The zero-order valence-corrected chi connectivity index (χ0v) is 11.7. The Hall–Kier alpha value is -1.62. The van der Waals surface area contributed by atoms with E-state index in [0.29, 0.717) is 0 Å². The van der Waals surface area contributed by atoms with E-state index in [4.69, 9.17) is 0 Å². The minimum Gasteiger partial charge on any atom is -0.388 e. The van der Waals surface area contributed by atoms with Gasteiger partial charge in [0.2, 0.25) is 5.91 Å². The van der Waals surface area contributed by atoms with E-state index >= 15 is 0 Å². The normalized spacial score (nSPS) is 15.6. The molecule has 1 aromatic rings. The minimum atomic E-state index is -0.938. The molecule has 5 heteroatoms. The van der Waals surface area contributed by atoms with Crippen molar-refractivity contribution in [1.29, 1.82) is 0 Å². The fraction of sp³-hybridized carbons (Fsp3) is 0.571. The molecule has 2 N–H and O–H groups in total. The van der Waals surface area contributed by atoms with Crippen LogP contribution in [0, 0.1) is 5.92 Å². The molecule has 2 atom stereocenters. The molecular weight excluding hydrogens is 244 g/mol. The summed E-state index contributed by atoms with van der Waals surface area (Å²) in [4.78, 5) is 23.2. The highest BCUT2D eigenvalue weighted by molar-refractivity contribution is 5.75. The van der Waals surface area contributed by atoms with Crippen molar-refractivity contribution in [3.05, 3.63) is 34.7 Å². The summed E-state index contributed by atoms with van der Waals surface area (Å²) in [5, 5.41) is 12.8. The lowest BCUT2D eigenvalue weighted by molar-refractivity contribution is -0.123. The zero-order chi connectivity index (χ0) is 14.5. The number of hydrogen-bond donors (Lipinski definition) is 2. The predicted octanol–water partition coefficient (Wildman–Crippen LogP) is 0.762. The molecule has 5 nitrogen and oxygen atoms in total. The standard InChI is InChI=1S/C14H22N2O3/c1-4-11(2)14(3,19)10-15-12(17)9-16-8-6-5-7-13(16)18/h5-8,11,19H,4,9-10H2,1-3H3,(H,15,17). The molecule has 1 heterocycles.